The second kappa shape index (κ2) is 11.9. The number of carbonyl (C=O) groups excluding carboxylic acids is 2. The number of aliphatic hydroxyl groups is 1. The number of nitrogens with one attached hydrogen (secondary N) is 1. The van der Waals surface area contributed by atoms with Crippen molar-refractivity contribution in [2.75, 3.05) is 25.2 Å². The third-order valence-corrected chi connectivity index (χ3v) is 8.77. The predicted octanol–water partition coefficient (Wildman–Crippen LogP) is 5.49. The van der Waals surface area contributed by atoms with Crippen molar-refractivity contribution >= 4 is 48.6 Å². The van der Waals surface area contributed by atoms with E-state index in [-0.39, 0.29) is 39.5 Å². The zero-order valence-electron chi connectivity index (χ0n) is 23.5. The number of aliphatic hydroxyl groups excluding tert-OH is 1. The van der Waals surface area contributed by atoms with Crippen LogP contribution in [-0.2, 0) is 20.1 Å². The van der Waals surface area contributed by atoms with Gasteiger partial charge in [0, 0.05) is 41.2 Å². The van der Waals surface area contributed by atoms with Crippen LogP contribution in [0.25, 0.3) is 11.1 Å². The Bertz CT molecular complexity index is 1660. The number of nitrogen functional groups attached to an aromatic ring is 1. The first-order valence-electron chi connectivity index (χ1n) is 12.6. The number of hydrogen-bond donors (Lipinski definition) is 3. The van der Waals surface area contributed by atoms with Crippen LogP contribution < -0.4 is 15.8 Å². The number of nitrogens with zero attached hydrogens (tertiary/aromatic N) is 3. The molecule has 4 N–H and O–H groups in total. The van der Waals surface area contributed by atoms with Crippen molar-refractivity contribution in [1.29, 1.82) is 0 Å². The van der Waals surface area contributed by atoms with Crippen LogP contribution in [0.4, 0.5) is 29.1 Å². The molecule has 2 aromatic carbocycles. The Morgan fingerprint density at radius 1 is 1.23 bits per heavy atom. The van der Waals surface area contributed by atoms with Gasteiger partial charge in [0.2, 0.25) is 0 Å². The lowest BCUT2D eigenvalue weighted by Gasteiger charge is -2.46. The second-order valence-corrected chi connectivity index (χ2v) is 12.2. The summed E-state index contributed by atoms with van der Waals surface area (Å²) in [6, 6.07) is 8.47. The number of ether oxygens (including phenoxy) is 1. The average molecular weight is 713 g/mol. The van der Waals surface area contributed by atoms with Gasteiger partial charge in [0.05, 0.1) is 19.2 Å². The number of carbonyl (C=O) groups is 2. The van der Waals surface area contributed by atoms with Crippen molar-refractivity contribution in [1.82, 2.24) is 15.0 Å². The lowest BCUT2D eigenvalue weighted by Crippen LogP contribution is -2.60. The fourth-order valence-corrected chi connectivity index (χ4v) is 5.21. The van der Waals surface area contributed by atoms with E-state index in [4.69, 9.17) is 10.5 Å². The minimum absolute atomic E-state index is 0.00740. The molecule has 0 aliphatic carbocycles. The highest BCUT2D eigenvalue weighted by Crippen LogP contribution is 2.43. The van der Waals surface area contributed by atoms with Crippen LogP contribution in [0.1, 0.15) is 25.0 Å². The number of benzene rings is 2. The van der Waals surface area contributed by atoms with Gasteiger partial charge >= 0.3 is 3.93 Å². The van der Waals surface area contributed by atoms with Crippen molar-refractivity contribution in [3.8, 4) is 16.9 Å². The van der Waals surface area contributed by atoms with Crippen molar-refractivity contribution in [2.45, 2.75) is 29.9 Å². The minimum atomic E-state index is -3.19. The van der Waals surface area contributed by atoms with Crippen molar-refractivity contribution in [3.63, 3.8) is 0 Å². The highest BCUT2D eigenvalue weighted by Gasteiger charge is 2.46. The highest BCUT2D eigenvalue weighted by molar-refractivity contribution is 14.2. The first kappa shape index (κ1) is 31.9. The summed E-state index contributed by atoms with van der Waals surface area (Å²) < 4.78 is 63.1. The van der Waals surface area contributed by atoms with Gasteiger partial charge in [-0.2, -0.15) is 8.78 Å². The lowest BCUT2D eigenvalue weighted by atomic mass is 9.93. The zero-order chi connectivity index (χ0) is 31.9. The molecule has 228 valence electrons. The van der Waals surface area contributed by atoms with Gasteiger partial charge in [-0.1, -0.05) is 22.7 Å². The summed E-state index contributed by atoms with van der Waals surface area (Å²) in [7, 11) is 2.80. The molecule has 43 heavy (non-hydrogen) atoms. The number of halogens is 5. The average Bonchev–Trinajstić information content (AvgIpc) is 2.97. The van der Waals surface area contributed by atoms with E-state index < -0.39 is 71.5 Å². The molecule has 3 aromatic rings. The Morgan fingerprint density at radius 2 is 1.93 bits per heavy atom. The van der Waals surface area contributed by atoms with Gasteiger partial charge in [-0.3, -0.25) is 14.6 Å². The van der Waals surface area contributed by atoms with Gasteiger partial charge in [-0.15, -0.1) is 0 Å². The summed E-state index contributed by atoms with van der Waals surface area (Å²) in [6.07, 6.45) is 1.31. The first-order chi connectivity index (χ1) is 20.1. The van der Waals surface area contributed by atoms with Crippen molar-refractivity contribution in [3.05, 3.63) is 82.8 Å². The van der Waals surface area contributed by atoms with Crippen LogP contribution in [-0.4, -0.2) is 56.1 Å². The largest absolute Gasteiger partial charge is 0.509 e. The molecule has 0 fully saturated rings. The molecule has 1 aliphatic rings. The second-order valence-electron chi connectivity index (χ2n) is 10.0. The van der Waals surface area contributed by atoms with Gasteiger partial charge in [0.25, 0.3) is 11.8 Å². The van der Waals surface area contributed by atoms with Gasteiger partial charge in [0.1, 0.15) is 11.3 Å². The molecule has 0 radical (unpaired) electrons. The molecule has 0 saturated heterocycles. The standard InChI is InChI=1S/C29H28F4IN5O4/c1-28(2)24(40)22(27(42)39(38(28)4)14-15-7-6-8-19(30)23(15)31)26(41)37-20-10-9-17(29(32,33)34-3)12-18(20)16-11-21(43-5)25(35)36-13-16/h6-13,40H,3,14H2,1-2,4-5H3,(H2,35,36)(H,37,41). The smallest absolute Gasteiger partial charge is 0.316 e. The van der Waals surface area contributed by atoms with E-state index in [9.17, 15) is 32.3 Å². The molecule has 2 heterocycles. The number of alkyl halides is 3. The summed E-state index contributed by atoms with van der Waals surface area (Å²) in [5.41, 5.74) is 3.67. The third-order valence-electron chi connectivity index (χ3n) is 7.19. The van der Waals surface area contributed by atoms with Crippen molar-refractivity contribution < 1.29 is 37.0 Å². The minimum Gasteiger partial charge on any atom is -0.509 e. The molecule has 9 nitrogen and oxygen atoms in total. The molecular formula is C29H28F4IN5O4. The summed E-state index contributed by atoms with van der Waals surface area (Å²) >= 11 is -1.79. The Kier molecular flexibility index (Phi) is 8.83. The van der Waals surface area contributed by atoms with Gasteiger partial charge < -0.3 is 20.9 Å². The highest BCUT2D eigenvalue weighted by atomic mass is 127. The zero-order valence-corrected chi connectivity index (χ0v) is 25.7. The number of amides is 2. The lowest BCUT2D eigenvalue weighted by molar-refractivity contribution is -0.160. The van der Waals surface area contributed by atoms with Crippen LogP contribution >= 0.6 is 20.7 Å². The fourth-order valence-electron chi connectivity index (χ4n) is 4.44. The van der Waals surface area contributed by atoms with Crippen LogP contribution in [0.2, 0.25) is 0 Å². The maximum Gasteiger partial charge on any atom is 0.316 e. The van der Waals surface area contributed by atoms with E-state index in [2.05, 4.69) is 14.8 Å². The molecule has 1 aromatic heterocycles. The number of methoxy groups -OCH3 is 1. The third kappa shape index (κ3) is 5.93. The normalized spacial score (nSPS) is 15.5. The SMILES string of the molecule is C=IC(F)(F)c1ccc(NC(=O)C2=C(O)C(C)(C)N(C)N(Cc3cccc(F)c3F)C2=O)c(-c2cnc(N)c(OC)c2)c1. The molecule has 4 rings (SSSR count). The number of likely N-dealkylation sites (N-methyl/N-ethyl adjacent to an activating group) is 1. The number of rotatable bonds is 8. The number of aromatic nitrogens is 1. The number of nitrogens with two attached hydrogens (primary N) is 1. The number of hydrogen-bond acceptors (Lipinski definition) is 7. The van der Waals surface area contributed by atoms with Crippen molar-refractivity contribution in [2.24, 2.45) is 0 Å². The van der Waals surface area contributed by atoms with E-state index >= 15 is 0 Å². The van der Waals surface area contributed by atoms with E-state index in [0.717, 1.165) is 17.1 Å². The summed E-state index contributed by atoms with van der Waals surface area (Å²) in [6.45, 7) is 2.59. The van der Waals surface area contributed by atoms with Crippen LogP contribution in [0.15, 0.2) is 60.0 Å². The monoisotopic (exact) mass is 713 g/mol. The van der Waals surface area contributed by atoms with E-state index in [1.165, 1.54) is 69.5 Å². The fraction of sp³-hybridized carbons (Fsp3) is 0.241. The maximum atomic E-state index is 14.7. The molecule has 0 spiro atoms. The predicted molar refractivity (Wildman–Crippen MR) is 163 cm³/mol. The molecule has 1 aliphatic heterocycles. The Hall–Kier alpha value is -4.05. The number of pyridine rings is 1. The number of hydrazine groups is 1. The van der Waals surface area contributed by atoms with E-state index in [1.807, 2.05) is 0 Å². The Balaban J connectivity index is 1.79. The van der Waals surface area contributed by atoms with Crippen LogP contribution in [0.3, 0.4) is 0 Å². The molecule has 14 heteroatoms. The quantitative estimate of drug-likeness (QED) is 0.122. The van der Waals surface area contributed by atoms with E-state index in [0.29, 0.717) is 0 Å². The summed E-state index contributed by atoms with van der Waals surface area (Å²) in [4.78, 5) is 31.3. The molecule has 0 bridgehead atoms. The van der Waals surface area contributed by atoms with Crippen LogP contribution in [0, 0.1) is 11.6 Å². The summed E-state index contributed by atoms with van der Waals surface area (Å²) in [5, 5.41) is 15.9. The molecule has 0 saturated carbocycles. The maximum absolute atomic E-state index is 14.7. The number of anilines is 2. The van der Waals surface area contributed by atoms with E-state index in [1.54, 1.807) is 0 Å². The Labute approximate surface area is 254 Å². The van der Waals surface area contributed by atoms with Gasteiger partial charge in [-0.25, -0.2) is 18.8 Å². The Morgan fingerprint density at radius 3 is 2.58 bits per heavy atom. The van der Waals surface area contributed by atoms with Gasteiger partial charge in [-0.05, 0) is 58.8 Å². The van der Waals surface area contributed by atoms with Gasteiger partial charge in [0.15, 0.2) is 23.2 Å². The topological polar surface area (TPSA) is 121 Å². The molecule has 0 atom stereocenters. The summed E-state index contributed by atoms with van der Waals surface area (Å²) in [5.74, 6) is -4.72. The molecule has 2 amide bonds. The first-order valence-corrected chi connectivity index (χ1v) is 15.2. The van der Waals surface area contributed by atoms with Crippen LogP contribution in [0.5, 0.6) is 5.75 Å². The molecule has 0 unspecified atom stereocenters. The molecular weight excluding hydrogens is 685 g/mol.